The van der Waals surface area contributed by atoms with Crippen LogP contribution in [0.2, 0.25) is 0 Å². The molecule has 0 atom stereocenters. The van der Waals surface area contributed by atoms with Crippen molar-refractivity contribution in [1.82, 2.24) is 14.4 Å². The highest BCUT2D eigenvalue weighted by Crippen LogP contribution is 2.36. The molecule has 3 rings (SSSR count). The first-order valence-electron chi connectivity index (χ1n) is 4.87. The van der Waals surface area contributed by atoms with Crippen molar-refractivity contribution in [1.29, 1.82) is 0 Å². The molecule has 1 aliphatic rings. The van der Waals surface area contributed by atoms with E-state index in [0.29, 0.717) is 11.7 Å². The van der Waals surface area contributed by atoms with E-state index in [1.54, 1.807) is 12.4 Å². The summed E-state index contributed by atoms with van der Waals surface area (Å²) in [6, 6.07) is 2.01. The minimum Gasteiger partial charge on any atom is -0.492 e. The van der Waals surface area contributed by atoms with Gasteiger partial charge >= 0.3 is 0 Å². The first-order chi connectivity index (χ1) is 6.84. The normalized spacial score (nSPS) is 17.1. The number of imidazole rings is 1. The molecule has 0 spiro atoms. The van der Waals surface area contributed by atoms with Gasteiger partial charge in [-0.2, -0.15) is 4.98 Å². The van der Waals surface area contributed by atoms with Crippen LogP contribution in [0.1, 0.15) is 30.9 Å². The minimum atomic E-state index is 0.0456. The molecular weight excluding hydrogens is 178 g/mol. The largest absolute Gasteiger partial charge is 0.492 e. The molecule has 0 aromatic carbocycles. The van der Waals surface area contributed by atoms with E-state index in [4.69, 9.17) is 0 Å². The Bertz CT molecular complexity index is 473. The van der Waals surface area contributed by atoms with Crippen LogP contribution in [0.25, 0.3) is 5.78 Å². The van der Waals surface area contributed by atoms with Crippen LogP contribution in [0, 0.1) is 0 Å². The van der Waals surface area contributed by atoms with E-state index in [1.807, 2.05) is 10.5 Å². The SMILES string of the molecule is Oc1cn2c(C3CCC3)ccnc2n1. The average Bonchev–Trinajstić information content (AvgIpc) is 2.43. The highest BCUT2D eigenvalue weighted by molar-refractivity contribution is 5.35. The number of rotatable bonds is 1. The Hall–Kier alpha value is -1.58. The molecule has 1 saturated carbocycles. The number of aromatic nitrogens is 3. The van der Waals surface area contributed by atoms with Crippen LogP contribution in [0.15, 0.2) is 18.5 Å². The molecule has 0 saturated heterocycles. The zero-order chi connectivity index (χ0) is 9.54. The average molecular weight is 189 g/mol. The van der Waals surface area contributed by atoms with Gasteiger partial charge in [0.25, 0.3) is 0 Å². The summed E-state index contributed by atoms with van der Waals surface area (Å²) < 4.78 is 1.89. The summed E-state index contributed by atoms with van der Waals surface area (Å²) in [6.07, 6.45) is 7.16. The molecule has 2 heterocycles. The summed E-state index contributed by atoms with van der Waals surface area (Å²) in [6.45, 7) is 0. The number of fused-ring (bicyclic) bond motifs is 1. The summed E-state index contributed by atoms with van der Waals surface area (Å²) in [5, 5.41) is 9.28. The summed E-state index contributed by atoms with van der Waals surface area (Å²) in [7, 11) is 0. The van der Waals surface area contributed by atoms with E-state index < -0.39 is 0 Å². The Balaban J connectivity index is 2.21. The smallest absolute Gasteiger partial charge is 0.237 e. The van der Waals surface area contributed by atoms with Crippen LogP contribution >= 0.6 is 0 Å². The molecule has 1 fully saturated rings. The van der Waals surface area contributed by atoms with Gasteiger partial charge in [-0.3, -0.25) is 4.40 Å². The molecule has 0 unspecified atom stereocenters. The molecule has 4 heteroatoms. The quantitative estimate of drug-likeness (QED) is 0.742. The number of hydrogen-bond acceptors (Lipinski definition) is 3. The van der Waals surface area contributed by atoms with E-state index in [2.05, 4.69) is 9.97 Å². The second-order valence-corrected chi connectivity index (χ2v) is 3.77. The summed E-state index contributed by atoms with van der Waals surface area (Å²) in [4.78, 5) is 8.02. The summed E-state index contributed by atoms with van der Waals surface area (Å²) >= 11 is 0. The van der Waals surface area contributed by atoms with Gasteiger partial charge in [-0.1, -0.05) is 6.42 Å². The molecule has 14 heavy (non-hydrogen) atoms. The van der Waals surface area contributed by atoms with Crippen molar-refractivity contribution in [3.63, 3.8) is 0 Å². The van der Waals surface area contributed by atoms with Crippen molar-refractivity contribution >= 4 is 5.78 Å². The van der Waals surface area contributed by atoms with Gasteiger partial charge in [0, 0.05) is 11.9 Å². The standard InChI is InChI=1S/C10H11N3O/c14-9-6-13-8(7-2-1-3-7)4-5-11-10(13)12-9/h4-7,14H,1-3H2. The lowest BCUT2D eigenvalue weighted by Gasteiger charge is -2.25. The Morgan fingerprint density at radius 1 is 1.43 bits per heavy atom. The van der Waals surface area contributed by atoms with Gasteiger partial charge < -0.3 is 5.11 Å². The van der Waals surface area contributed by atoms with Crippen LogP contribution < -0.4 is 0 Å². The molecule has 2 aromatic rings. The molecule has 0 radical (unpaired) electrons. The molecule has 2 aromatic heterocycles. The maximum Gasteiger partial charge on any atom is 0.237 e. The van der Waals surface area contributed by atoms with Gasteiger partial charge in [-0.05, 0) is 24.8 Å². The second-order valence-electron chi connectivity index (χ2n) is 3.77. The molecule has 72 valence electrons. The van der Waals surface area contributed by atoms with Crippen LogP contribution in [0.4, 0.5) is 0 Å². The lowest BCUT2D eigenvalue weighted by molar-refractivity contribution is 0.407. The first-order valence-corrected chi connectivity index (χ1v) is 4.87. The second kappa shape index (κ2) is 2.70. The topological polar surface area (TPSA) is 50.4 Å². The monoisotopic (exact) mass is 189 g/mol. The van der Waals surface area contributed by atoms with Gasteiger partial charge in [0.1, 0.15) is 0 Å². The molecule has 1 aliphatic carbocycles. The van der Waals surface area contributed by atoms with E-state index in [0.717, 1.165) is 0 Å². The van der Waals surface area contributed by atoms with E-state index in [9.17, 15) is 5.11 Å². The highest BCUT2D eigenvalue weighted by atomic mass is 16.3. The third-order valence-electron chi connectivity index (χ3n) is 2.91. The fraction of sp³-hybridized carbons (Fsp3) is 0.400. The van der Waals surface area contributed by atoms with Crippen molar-refractivity contribution in [3.05, 3.63) is 24.2 Å². The van der Waals surface area contributed by atoms with Crippen LogP contribution in [-0.4, -0.2) is 19.5 Å². The number of aromatic hydroxyl groups is 1. The zero-order valence-corrected chi connectivity index (χ0v) is 7.72. The van der Waals surface area contributed by atoms with E-state index >= 15 is 0 Å². The summed E-state index contributed by atoms with van der Waals surface area (Å²) in [5.41, 5.74) is 1.22. The fourth-order valence-corrected chi connectivity index (χ4v) is 1.94. The number of nitrogens with zero attached hydrogens (tertiary/aromatic N) is 3. The fourth-order valence-electron chi connectivity index (χ4n) is 1.94. The van der Waals surface area contributed by atoms with Crippen molar-refractivity contribution in [2.24, 2.45) is 0 Å². The molecule has 4 nitrogen and oxygen atoms in total. The number of hydrogen-bond donors (Lipinski definition) is 1. The van der Waals surface area contributed by atoms with Crippen molar-refractivity contribution in [2.45, 2.75) is 25.2 Å². The molecule has 0 bridgehead atoms. The maximum atomic E-state index is 9.28. The zero-order valence-electron chi connectivity index (χ0n) is 7.72. The molecule has 0 amide bonds. The van der Waals surface area contributed by atoms with Gasteiger partial charge in [0.2, 0.25) is 11.7 Å². The van der Waals surface area contributed by atoms with Gasteiger partial charge in [-0.25, -0.2) is 4.98 Å². The molecular formula is C10H11N3O. The van der Waals surface area contributed by atoms with Gasteiger partial charge in [-0.15, -0.1) is 0 Å². The predicted octanol–water partition coefficient (Wildman–Crippen LogP) is 1.70. The van der Waals surface area contributed by atoms with Crippen molar-refractivity contribution in [2.75, 3.05) is 0 Å². The summed E-state index contributed by atoms with van der Waals surface area (Å²) in [5.74, 6) is 1.25. The Kier molecular flexibility index (Phi) is 1.50. The van der Waals surface area contributed by atoms with E-state index in [-0.39, 0.29) is 5.88 Å². The molecule has 0 aliphatic heterocycles. The minimum absolute atomic E-state index is 0.0456. The maximum absolute atomic E-state index is 9.28. The lowest BCUT2D eigenvalue weighted by atomic mass is 9.83. The van der Waals surface area contributed by atoms with E-state index in [1.165, 1.54) is 25.0 Å². The van der Waals surface area contributed by atoms with Crippen LogP contribution in [0.5, 0.6) is 5.88 Å². The Labute approximate surface area is 81.2 Å². The van der Waals surface area contributed by atoms with Crippen LogP contribution in [0.3, 0.4) is 0 Å². The first kappa shape index (κ1) is 7.79. The lowest BCUT2D eigenvalue weighted by Crippen LogP contribution is -2.12. The predicted molar refractivity (Wildman–Crippen MR) is 51.2 cm³/mol. The third kappa shape index (κ3) is 0.999. The van der Waals surface area contributed by atoms with Crippen molar-refractivity contribution < 1.29 is 5.11 Å². The highest BCUT2D eigenvalue weighted by Gasteiger charge is 2.22. The van der Waals surface area contributed by atoms with Gasteiger partial charge in [0.05, 0.1) is 6.20 Å². The Morgan fingerprint density at radius 3 is 3.00 bits per heavy atom. The van der Waals surface area contributed by atoms with Crippen molar-refractivity contribution in [3.8, 4) is 5.88 Å². The van der Waals surface area contributed by atoms with Crippen LogP contribution in [-0.2, 0) is 0 Å². The molecule has 1 N–H and O–H groups in total. The Morgan fingerprint density at radius 2 is 2.29 bits per heavy atom. The third-order valence-corrected chi connectivity index (χ3v) is 2.91. The van der Waals surface area contributed by atoms with Gasteiger partial charge in [0.15, 0.2) is 0 Å².